The van der Waals surface area contributed by atoms with Gasteiger partial charge in [-0.3, -0.25) is 4.79 Å². The quantitative estimate of drug-likeness (QED) is 0.441. The van der Waals surface area contributed by atoms with Crippen molar-refractivity contribution in [3.05, 3.63) is 12.2 Å². The Labute approximate surface area is 70.1 Å². The van der Waals surface area contributed by atoms with Gasteiger partial charge in [-0.15, -0.1) is 0 Å². The fourth-order valence-electron chi connectivity index (χ4n) is 1.03. The van der Waals surface area contributed by atoms with E-state index in [-0.39, 0.29) is 24.9 Å². The molecule has 0 saturated carbocycles. The number of carbonyl (C=O) groups is 2. The number of cyclic esters (lactones) is 1. The molecule has 4 nitrogen and oxygen atoms in total. The molecule has 0 spiro atoms. The maximum absolute atomic E-state index is 10.9. The molecule has 1 rings (SSSR count). The van der Waals surface area contributed by atoms with E-state index in [1.165, 1.54) is 7.11 Å². The zero-order chi connectivity index (χ0) is 9.14. The Morgan fingerprint density at radius 2 is 2.42 bits per heavy atom. The fourth-order valence-corrected chi connectivity index (χ4v) is 1.03. The van der Waals surface area contributed by atoms with Gasteiger partial charge in [0, 0.05) is 11.5 Å². The van der Waals surface area contributed by atoms with Gasteiger partial charge in [-0.25, -0.2) is 4.79 Å². The van der Waals surface area contributed by atoms with E-state index >= 15 is 0 Å². The lowest BCUT2D eigenvalue weighted by Gasteiger charge is -2.06. The summed E-state index contributed by atoms with van der Waals surface area (Å²) in [4.78, 5) is 21.6. The van der Waals surface area contributed by atoms with Gasteiger partial charge in [-0.05, 0) is 0 Å². The maximum atomic E-state index is 10.9. The summed E-state index contributed by atoms with van der Waals surface area (Å²) >= 11 is 0. The average molecular weight is 170 g/mol. The molecule has 1 saturated heterocycles. The van der Waals surface area contributed by atoms with E-state index in [0.717, 1.165) is 0 Å². The van der Waals surface area contributed by atoms with Gasteiger partial charge in [0.25, 0.3) is 0 Å². The molecule has 0 radical (unpaired) electrons. The highest BCUT2D eigenvalue weighted by Crippen LogP contribution is 2.21. The van der Waals surface area contributed by atoms with Gasteiger partial charge >= 0.3 is 11.9 Å². The maximum Gasteiger partial charge on any atom is 0.333 e. The topological polar surface area (TPSA) is 52.6 Å². The van der Waals surface area contributed by atoms with E-state index in [1.54, 1.807) is 0 Å². The second-order valence-electron chi connectivity index (χ2n) is 2.60. The van der Waals surface area contributed by atoms with Crippen LogP contribution in [0.25, 0.3) is 0 Å². The summed E-state index contributed by atoms with van der Waals surface area (Å²) in [5.74, 6) is -0.965. The number of ether oxygens (including phenoxy) is 2. The van der Waals surface area contributed by atoms with Crippen LogP contribution < -0.4 is 0 Å². The Hall–Kier alpha value is -1.32. The molecule has 1 aliphatic heterocycles. The Morgan fingerprint density at radius 3 is 2.83 bits per heavy atom. The SMILES string of the molecule is C=C(C(=O)OC)C1COC(=O)C1. The standard InChI is InChI=1S/C8H10O4/c1-5(8(10)11-2)6-3-7(9)12-4-6/h6H,1,3-4H2,2H3. The second-order valence-corrected chi connectivity index (χ2v) is 2.60. The van der Waals surface area contributed by atoms with Gasteiger partial charge in [-0.1, -0.05) is 6.58 Å². The van der Waals surface area contributed by atoms with Gasteiger partial charge < -0.3 is 9.47 Å². The van der Waals surface area contributed by atoms with E-state index in [0.29, 0.717) is 5.57 Å². The van der Waals surface area contributed by atoms with Crippen molar-refractivity contribution in [1.29, 1.82) is 0 Å². The molecule has 0 aromatic heterocycles. The lowest BCUT2D eigenvalue weighted by atomic mass is 10.0. The van der Waals surface area contributed by atoms with Crippen molar-refractivity contribution in [3.63, 3.8) is 0 Å². The van der Waals surface area contributed by atoms with Crippen molar-refractivity contribution in [2.24, 2.45) is 5.92 Å². The summed E-state index contributed by atoms with van der Waals surface area (Å²) in [6, 6.07) is 0. The molecular weight excluding hydrogens is 160 g/mol. The van der Waals surface area contributed by atoms with Gasteiger partial charge in [0.1, 0.15) is 0 Å². The van der Waals surface area contributed by atoms with Crippen LogP contribution >= 0.6 is 0 Å². The molecule has 1 fully saturated rings. The Kier molecular flexibility index (Phi) is 2.47. The van der Waals surface area contributed by atoms with Crippen LogP contribution in [0.2, 0.25) is 0 Å². The van der Waals surface area contributed by atoms with Crippen LogP contribution in [-0.2, 0) is 19.1 Å². The third-order valence-corrected chi connectivity index (χ3v) is 1.80. The normalized spacial score (nSPS) is 21.8. The highest BCUT2D eigenvalue weighted by Gasteiger charge is 2.29. The van der Waals surface area contributed by atoms with Crippen LogP contribution in [0, 0.1) is 5.92 Å². The molecule has 0 aromatic rings. The fraction of sp³-hybridized carbons (Fsp3) is 0.500. The number of hydrogen-bond donors (Lipinski definition) is 0. The third-order valence-electron chi connectivity index (χ3n) is 1.80. The summed E-state index contributed by atoms with van der Waals surface area (Å²) in [6.45, 7) is 3.78. The lowest BCUT2D eigenvalue weighted by Crippen LogP contribution is -2.13. The van der Waals surface area contributed by atoms with Gasteiger partial charge in [-0.2, -0.15) is 0 Å². The predicted octanol–water partition coefficient (Wildman–Crippen LogP) is 0.279. The predicted molar refractivity (Wildman–Crippen MR) is 40.2 cm³/mol. The molecule has 0 aliphatic carbocycles. The van der Waals surface area contributed by atoms with Crippen LogP contribution in [0.4, 0.5) is 0 Å². The Morgan fingerprint density at radius 1 is 1.75 bits per heavy atom. The monoisotopic (exact) mass is 170 g/mol. The molecule has 0 bridgehead atoms. The van der Waals surface area contributed by atoms with Crippen LogP contribution in [0.15, 0.2) is 12.2 Å². The minimum atomic E-state index is -0.474. The molecule has 0 amide bonds. The molecular formula is C8H10O4. The van der Waals surface area contributed by atoms with E-state index in [1.807, 2.05) is 0 Å². The van der Waals surface area contributed by atoms with Crippen molar-refractivity contribution in [1.82, 2.24) is 0 Å². The summed E-state index contributed by atoms with van der Waals surface area (Å²) in [5, 5.41) is 0. The van der Waals surface area contributed by atoms with Crippen LogP contribution in [0.3, 0.4) is 0 Å². The molecule has 1 atom stereocenters. The Balaban J connectivity index is 2.54. The molecule has 4 heteroatoms. The van der Waals surface area contributed by atoms with Crippen molar-refractivity contribution < 1.29 is 19.1 Å². The third kappa shape index (κ3) is 1.64. The minimum Gasteiger partial charge on any atom is -0.466 e. The number of esters is 2. The summed E-state index contributed by atoms with van der Waals surface area (Å²) in [5.41, 5.74) is 0.309. The first-order valence-electron chi connectivity index (χ1n) is 3.58. The van der Waals surface area contributed by atoms with E-state index < -0.39 is 5.97 Å². The first kappa shape index (κ1) is 8.77. The molecule has 1 heterocycles. The first-order valence-corrected chi connectivity index (χ1v) is 3.58. The van der Waals surface area contributed by atoms with E-state index in [2.05, 4.69) is 16.1 Å². The zero-order valence-electron chi connectivity index (χ0n) is 6.83. The highest BCUT2D eigenvalue weighted by atomic mass is 16.5. The molecule has 0 aromatic carbocycles. The zero-order valence-corrected chi connectivity index (χ0v) is 6.83. The van der Waals surface area contributed by atoms with Gasteiger partial charge in [0.2, 0.25) is 0 Å². The van der Waals surface area contributed by atoms with Crippen molar-refractivity contribution in [2.45, 2.75) is 6.42 Å². The Bertz CT molecular complexity index is 231. The van der Waals surface area contributed by atoms with Crippen molar-refractivity contribution in [3.8, 4) is 0 Å². The molecule has 1 aliphatic rings. The van der Waals surface area contributed by atoms with E-state index in [4.69, 9.17) is 0 Å². The summed E-state index contributed by atoms with van der Waals surface area (Å²) in [6.07, 6.45) is 0.230. The van der Waals surface area contributed by atoms with E-state index in [9.17, 15) is 9.59 Å². The van der Waals surface area contributed by atoms with Crippen LogP contribution in [-0.4, -0.2) is 25.7 Å². The summed E-state index contributed by atoms with van der Waals surface area (Å²) in [7, 11) is 1.28. The van der Waals surface area contributed by atoms with Gasteiger partial charge in [0.15, 0.2) is 0 Å². The lowest BCUT2D eigenvalue weighted by molar-refractivity contribution is -0.138. The number of methoxy groups -OCH3 is 1. The smallest absolute Gasteiger partial charge is 0.333 e. The average Bonchev–Trinajstić information content (AvgIpc) is 2.49. The number of rotatable bonds is 2. The highest BCUT2D eigenvalue weighted by molar-refractivity contribution is 5.89. The number of carbonyl (C=O) groups excluding carboxylic acids is 2. The molecule has 1 unspecified atom stereocenters. The molecule has 66 valence electrons. The van der Waals surface area contributed by atoms with Gasteiger partial charge in [0.05, 0.1) is 20.1 Å². The number of hydrogen-bond acceptors (Lipinski definition) is 4. The first-order chi connectivity index (χ1) is 5.65. The van der Waals surface area contributed by atoms with Crippen LogP contribution in [0.5, 0.6) is 0 Å². The van der Waals surface area contributed by atoms with Crippen LogP contribution in [0.1, 0.15) is 6.42 Å². The summed E-state index contributed by atoms with van der Waals surface area (Å²) < 4.78 is 9.13. The molecule has 12 heavy (non-hydrogen) atoms. The largest absolute Gasteiger partial charge is 0.466 e. The molecule has 0 N–H and O–H groups in total. The minimum absolute atomic E-state index is 0.204. The second kappa shape index (κ2) is 3.38. The van der Waals surface area contributed by atoms with Crippen molar-refractivity contribution in [2.75, 3.05) is 13.7 Å². The van der Waals surface area contributed by atoms with Crippen molar-refractivity contribution >= 4 is 11.9 Å².